The largest absolute Gasteiger partial charge is 0.342 e. The van der Waals surface area contributed by atoms with Crippen molar-refractivity contribution in [1.82, 2.24) is 25.1 Å². The van der Waals surface area contributed by atoms with E-state index in [0.717, 1.165) is 50.4 Å². The van der Waals surface area contributed by atoms with Crippen LogP contribution in [0.2, 0.25) is 0 Å². The lowest BCUT2D eigenvalue weighted by Crippen LogP contribution is -2.39. The van der Waals surface area contributed by atoms with Crippen LogP contribution >= 0.6 is 11.8 Å². The molecule has 0 spiro atoms. The van der Waals surface area contributed by atoms with Gasteiger partial charge in [-0.05, 0) is 54.0 Å². The molecule has 7 heteroatoms. The smallest absolute Gasteiger partial charge is 0.233 e. The van der Waals surface area contributed by atoms with Crippen molar-refractivity contribution < 1.29 is 4.79 Å². The van der Waals surface area contributed by atoms with Gasteiger partial charge in [-0.3, -0.25) is 4.79 Å². The minimum absolute atomic E-state index is 0.202. The zero-order chi connectivity index (χ0) is 17.1. The van der Waals surface area contributed by atoms with Crippen LogP contribution in [0, 0.1) is 5.92 Å². The minimum atomic E-state index is 0.202. The first-order valence-electron chi connectivity index (χ1n) is 9.02. The first-order chi connectivity index (χ1) is 12.3. The summed E-state index contributed by atoms with van der Waals surface area (Å²) < 4.78 is 1.87. The molecule has 1 saturated heterocycles. The Bertz CT molecular complexity index is 707. The van der Waals surface area contributed by atoms with Crippen molar-refractivity contribution in [3.63, 3.8) is 0 Å². The van der Waals surface area contributed by atoms with Crippen molar-refractivity contribution >= 4 is 17.7 Å². The predicted octanol–water partition coefficient (Wildman–Crippen LogP) is 2.58. The Hall–Kier alpha value is -1.89. The highest BCUT2D eigenvalue weighted by atomic mass is 32.2. The number of hydrogen-bond acceptors (Lipinski definition) is 5. The van der Waals surface area contributed by atoms with Crippen molar-refractivity contribution in [2.45, 2.75) is 43.3 Å². The number of nitrogens with zero attached hydrogens (tertiary/aromatic N) is 5. The van der Waals surface area contributed by atoms with Crippen molar-refractivity contribution in [2.24, 2.45) is 5.92 Å². The number of tetrazole rings is 1. The number of hydrogen-bond donors (Lipinski definition) is 0. The molecule has 1 aliphatic carbocycles. The van der Waals surface area contributed by atoms with Gasteiger partial charge in [-0.1, -0.05) is 42.1 Å². The molecule has 0 bridgehead atoms. The van der Waals surface area contributed by atoms with Crippen molar-refractivity contribution in [1.29, 1.82) is 0 Å². The van der Waals surface area contributed by atoms with Gasteiger partial charge in [0.15, 0.2) is 0 Å². The number of benzene rings is 1. The van der Waals surface area contributed by atoms with Gasteiger partial charge in [-0.15, -0.1) is 5.10 Å². The van der Waals surface area contributed by atoms with Crippen LogP contribution in [0.15, 0.2) is 35.5 Å². The van der Waals surface area contributed by atoms with Crippen LogP contribution in [0.3, 0.4) is 0 Å². The molecule has 132 valence electrons. The highest BCUT2D eigenvalue weighted by Gasteiger charge is 2.29. The summed E-state index contributed by atoms with van der Waals surface area (Å²) in [5.41, 5.74) is 1.40. The molecule has 0 radical (unpaired) electrons. The molecule has 1 aromatic heterocycles. The Labute approximate surface area is 152 Å². The minimum Gasteiger partial charge on any atom is -0.342 e. The van der Waals surface area contributed by atoms with E-state index in [9.17, 15) is 4.79 Å². The molecule has 0 atom stereocenters. The predicted molar refractivity (Wildman–Crippen MR) is 96.3 cm³/mol. The average molecular weight is 357 g/mol. The summed E-state index contributed by atoms with van der Waals surface area (Å²) in [6, 6.07) is 11.1. The van der Waals surface area contributed by atoms with E-state index < -0.39 is 0 Å². The highest BCUT2D eigenvalue weighted by Crippen LogP contribution is 2.36. The van der Waals surface area contributed by atoms with Gasteiger partial charge in [0.1, 0.15) is 0 Å². The second kappa shape index (κ2) is 7.56. The van der Waals surface area contributed by atoms with Crippen LogP contribution < -0.4 is 0 Å². The van der Waals surface area contributed by atoms with Gasteiger partial charge in [0.05, 0.1) is 11.8 Å². The molecule has 0 N–H and O–H groups in total. The summed E-state index contributed by atoms with van der Waals surface area (Å²) in [6.07, 6.45) is 5.58. The van der Waals surface area contributed by atoms with Crippen molar-refractivity contribution in [2.75, 3.05) is 18.8 Å². The van der Waals surface area contributed by atoms with E-state index in [1.165, 1.54) is 17.3 Å². The molecule has 0 unspecified atom stereocenters. The molecular weight excluding hydrogens is 334 g/mol. The van der Waals surface area contributed by atoms with Gasteiger partial charge in [0, 0.05) is 13.1 Å². The lowest BCUT2D eigenvalue weighted by molar-refractivity contribution is -0.129. The molecule has 2 fully saturated rings. The fraction of sp³-hybridized carbons (Fsp3) is 0.556. The monoisotopic (exact) mass is 357 g/mol. The first-order valence-corrected chi connectivity index (χ1v) is 10.0. The molecule has 1 amide bonds. The molecule has 1 aliphatic heterocycles. The molecule has 1 saturated carbocycles. The van der Waals surface area contributed by atoms with Gasteiger partial charge < -0.3 is 4.90 Å². The van der Waals surface area contributed by atoms with E-state index in [1.54, 1.807) is 0 Å². The zero-order valence-electron chi connectivity index (χ0n) is 14.3. The third-order valence-corrected chi connectivity index (χ3v) is 5.93. The maximum Gasteiger partial charge on any atom is 0.233 e. The normalized spacial score (nSPS) is 18.5. The fourth-order valence-corrected chi connectivity index (χ4v) is 4.23. The molecule has 6 nitrogen and oxygen atoms in total. The summed E-state index contributed by atoms with van der Waals surface area (Å²) in [5, 5.41) is 12.6. The van der Waals surface area contributed by atoms with E-state index in [2.05, 4.69) is 45.9 Å². The molecule has 25 heavy (non-hydrogen) atoms. The summed E-state index contributed by atoms with van der Waals surface area (Å²) in [7, 11) is 0. The lowest BCUT2D eigenvalue weighted by Gasteiger charge is -2.32. The second-order valence-electron chi connectivity index (χ2n) is 6.94. The molecular formula is C18H23N5OS. The van der Waals surface area contributed by atoms with Crippen LogP contribution in [0.4, 0.5) is 0 Å². The molecule has 4 rings (SSSR count). The number of amides is 1. The summed E-state index contributed by atoms with van der Waals surface area (Å²) in [6.45, 7) is 1.73. The molecule has 2 aromatic rings. The van der Waals surface area contributed by atoms with Crippen LogP contribution in [-0.4, -0.2) is 49.9 Å². The number of carbonyl (C=O) groups excluding carboxylic acids is 1. The number of likely N-dealkylation sites (tertiary alicyclic amines) is 1. The lowest BCUT2D eigenvalue weighted by atomic mass is 9.90. The Morgan fingerprint density at radius 1 is 1.12 bits per heavy atom. The van der Waals surface area contributed by atoms with Crippen LogP contribution in [0.1, 0.15) is 37.3 Å². The summed E-state index contributed by atoms with van der Waals surface area (Å²) in [4.78, 5) is 14.5. The Morgan fingerprint density at radius 3 is 2.60 bits per heavy atom. The number of piperidine rings is 1. The number of carbonyl (C=O) groups is 1. The van der Waals surface area contributed by atoms with E-state index in [4.69, 9.17) is 0 Å². The maximum absolute atomic E-state index is 12.5. The second-order valence-corrected chi connectivity index (χ2v) is 7.88. The van der Waals surface area contributed by atoms with Gasteiger partial charge in [-0.25, -0.2) is 4.68 Å². The van der Waals surface area contributed by atoms with E-state index in [0.29, 0.717) is 17.7 Å². The van der Waals surface area contributed by atoms with Crippen molar-refractivity contribution in [3.05, 3.63) is 35.9 Å². The van der Waals surface area contributed by atoms with E-state index >= 15 is 0 Å². The van der Waals surface area contributed by atoms with Crippen LogP contribution in [-0.2, 0) is 11.2 Å². The van der Waals surface area contributed by atoms with Gasteiger partial charge in [0.25, 0.3) is 0 Å². The van der Waals surface area contributed by atoms with Gasteiger partial charge in [0.2, 0.25) is 11.1 Å². The molecule has 2 heterocycles. The average Bonchev–Trinajstić information content (AvgIpc) is 3.39. The van der Waals surface area contributed by atoms with Gasteiger partial charge in [-0.2, -0.15) is 0 Å². The van der Waals surface area contributed by atoms with E-state index in [-0.39, 0.29) is 5.91 Å². The third kappa shape index (κ3) is 4.21. The first kappa shape index (κ1) is 16.6. The quantitative estimate of drug-likeness (QED) is 0.744. The number of thioether (sulfide) groups is 1. The Balaban J connectivity index is 1.23. The molecule has 1 aromatic carbocycles. The number of rotatable bonds is 6. The number of aromatic nitrogens is 4. The third-order valence-electron chi connectivity index (χ3n) is 5.01. The van der Waals surface area contributed by atoms with Gasteiger partial charge >= 0.3 is 0 Å². The Morgan fingerprint density at radius 2 is 1.88 bits per heavy atom. The van der Waals surface area contributed by atoms with Crippen LogP contribution in [0.5, 0.6) is 0 Å². The SMILES string of the molecule is O=C(CSc1nnnn1C1CC1)N1CCC(Cc2ccccc2)CC1. The standard InChI is InChI=1S/C18H23N5OS/c24-17(13-25-18-19-20-21-23(18)16-6-7-16)22-10-8-15(9-11-22)12-14-4-2-1-3-5-14/h1-5,15-16H,6-13H2. The maximum atomic E-state index is 12.5. The van der Waals surface area contributed by atoms with E-state index in [1.807, 2.05) is 9.58 Å². The van der Waals surface area contributed by atoms with Crippen LogP contribution in [0.25, 0.3) is 0 Å². The Kier molecular flexibility index (Phi) is 5.01. The zero-order valence-corrected chi connectivity index (χ0v) is 15.1. The molecule has 2 aliphatic rings. The highest BCUT2D eigenvalue weighted by molar-refractivity contribution is 7.99. The topological polar surface area (TPSA) is 63.9 Å². The summed E-state index contributed by atoms with van der Waals surface area (Å²) in [5.74, 6) is 1.31. The van der Waals surface area contributed by atoms with Crippen molar-refractivity contribution in [3.8, 4) is 0 Å². The fourth-order valence-electron chi connectivity index (χ4n) is 3.38. The summed E-state index contributed by atoms with van der Waals surface area (Å²) >= 11 is 1.46.